The summed E-state index contributed by atoms with van der Waals surface area (Å²) < 4.78 is 27.0. The number of imide groups is 1. The number of carbonyl (C=O) groups excluding carboxylic acids is 3. The maximum atomic E-state index is 13.7. The molecule has 6 nitrogen and oxygen atoms in total. The maximum absolute atomic E-state index is 13.7. The van der Waals surface area contributed by atoms with E-state index in [0.29, 0.717) is 0 Å². The van der Waals surface area contributed by atoms with E-state index < -0.39 is 53.2 Å². The molecule has 8 heteroatoms. The van der Waals surface area contributed by atoms with Crippen LogP contribution in [0.4, 0.5) is 14.5 Å². The van der Waals surface area contributed by atoms with Gasteiger partial charge in [0.1, 0.15) is 17.7 Å². The Balaban J connectivity index is 1.49. The summed E-state index contributed by atoms with van der Waals surface area (Å²) in [7, 11) is 0. The smallest absolute Gasteiger partial charge is 0.240 e. The summed E-state index contributed by atoms with van der Waals surface area (Å²) in [5, 5.41) is 6.02. The van der Waals surface area contributed by atoms with Crippen LogP contribution in [-0.2, 0) is 9.59 Å². The fraction of sp³-hybridized carbons (Fsp3) is 0.154. The molecule has 3 aromatic carbocycles. The lowest BCUT2D eigenvalue weighted by atomic mass is 9.83. The highest BCUT2D eigenvalue weighted by Crippen LogP contribution is 2.53. The summed E-state index contributed by atoms with van der Waals surface area (Å²) in [6.07, 6.45) is 1.62. The van der Waals surface area contributed by atoms with Crippen molar-refractivity contribution in [1.29, 1.82) is 0 Å². The van der Waals surface area contributed by atoms with Crippen LogP contribution >= 0.6 is 0 Å². The molecule has 0 spiro atoms. The number of nitrogens with zero attached hydrogens (tertiary/aromatic N) is 3. The largest absolute Gasteiger partial charge is 0.292 e. The van der Waals surface area contributed by atoms with Crippen molar-refractivity contribution in [1.82, 2.24) is 5.01 Å². The van der Waals surface area contributed by atoms with E-state index in [2.05, 4.69) is 5.10 Å². The molecule has 3 aromatic rings. The number of halogens is 2. The first-order valence-electron chi connectivity index (χ1n) is 10.8. The van der Waals surface area contributed by atoms with Gasteiger partial charge in [0.25, 0.3) is 0 Å². The minimum absolute atomic E-state index is 0.223. The minimum atomic E-state index is -1.05. The number of ketones is 1. The van der Waals surface area contributed by atoms with Gasteiger partial charge >= 0.3 is 0 Å². The number of hydrazone groups is 1. The van der Waals surface area contributed by atoms with Crippen molar-refractivity contribution in [2.75, 3.05) is 4.90 Å². The van der Waals surface area contributed by atoms with Gasteiger partial charge in [0.05, 0.1) is 29.8 Å². The summed E-state index contributed by atoms with van der Waals surface area (Å²) in [5.41, 5.74) is 2.07. The van der Waals surface area contributed by atoms with E-state index >= 15 is 0 Å². The van der Waals surface area contributed by atoms with E-state index in [1.807, 2.05) is 24.3 Å². The molecule has 4 atom stereocenters. The van der Waals surface area contributed by atoms with Gasteiger partial charge in [-0.15, -0.1) is 0 Å². The van der Waals surface area contributed by atoms with Crippen molar-refractivity contribution >= 4 is 29.5 Å². The van der Waals surface area contributed by atoms with Crippen molar-refractivity contribution in [3.05, 3.63) is 101 Å². The van der Waals surface area contributed by atoms with Crippen LogP contribution < -0.4 is 4.90 Å². The van der Waals surface area contributed by atoms with Crippen molar-refractivity contribution in [3.8, 4) is 0 Å². The van der Waals surface area contributed by atoms with E-state index in [4.69, 9.17) is 0 Å². The topological polar surface area (TPSA) is 70.0 Å². The maximum Gasteiger partial charge on any atom is 0.240 e. The van der Waals surface area contributed by atoms with E-state index in [1.165, 1.54) is 48.5 Å². The quantitative estimate of drug-likeness (QED) is 0.444. The number of carbonyl (C=O) groups is 3. The Labute approximate surface area is 193 Å². The van der Waals surface area contributed by atoms with Crippen LogP contribution in [0.25, 0.3) is 0 Å². The van der Waals surface area contributed by atoms with Gasteiger partial charge in [-0.1, -0.05) is 24.3 Å². The fourth-order valence-corrected chi connectivity index (χ4v) is 5.30. The van der Waals surface area contributed by atoms with E-state index in [-0.39, 0.29) is 11.3 Å². The highest BCUT2D eigenvalue weighted by Gasteiger charge is 2.65. The van der Waals surface area contributed by atoms with Crippen molar-refractivity contribution < 1.29 is 23.2 Å². The summed E-state index contributed by atoms with van der Waals surface area (Å²) in [6.45, 7) is 0. The zero-order valence-electron chi connectivity index (χ0n) is 17.6. The van der Waals surface area contributed by atoms with E-state index in [9.17, 15) is 23.2 Å². The third kappa shape index (κ3) is 2.84. The molecule has 0 radical (unpaired) electrons. The molecule has 2 saturated heterocycles. The van der Waals surface area contributed by atoms with E-state index in [1.54, 1.807) is 11.2 Å². The molecule has 2 fully saturated rings. The predicted molar refractivity (Wildman–Crippen MR) is 119 cm³/mol. The number of anilines is 1. The van der Waals surface area contributed by atoms with Crippen LogP contribution in [0.2, 0.25) is 0 Å². The average Bonchev–Trinajstić information content (AvgIpc) is 3.32. The molecular weight excluding hydrogens is 440 g/mol. The molecule has 0 aromatic heterocycles. The average molecular weight is 457 g/mol. The Bertz CT molecular complexity index is 1370. The lowest BCUT2D eigenvalue weighted by Crippen LogP contribution is -2.44. The highest BCUT2D eigenvalue weighted by molar-refractivity contribution is 6.24. The van der Waals surface area contributed by atoms with Gasteiger partial charge in [-0.2, -0.15) is 5.10 Å². The first-order chi connectivity index (χ1) is 16.5. The first-order valence-corrected chi connectivity index (χ1v) is 10.8. The van der Waals surface area contributed by atoms with Crippen molar-refractivity contribution in [2.24, 2.45) is 16.9 Å². The zero-order chi connectivity index (χ0) is 23.6. The second-order valence-corrected chi connectivity index (χ2v) is 8.55. The predicted octanol–water partition coefficient (Wildman–Crippen LogP) is 3.73. The molecule has 0 unspecified atom stereocenters. The zero-order valence-corrected chi connectivity index (χ0v) is 17.6. The molecule has 34 heavy (non-hydrogen) atoms. The van der Waals surface area contributed by atoms with Gasteiger partial charge in [-0.3, -0.25) is 19.4 Å². The lowest BCUT2D eigenvalue weighted by molar-refractivity contribution is -0.124. The molecule has 3 aliphatic heterocycles. The molecular formula is C26H17F2N3O3. The Morgan fingerprint density at radius 3 is 2.12 bits per heavy atom. The SMILES string of the molecule is O=C(c1ccc(F)cc1)[C@@H]1[C@@H]2C(=O)N(c3ccc(F)cc3)C(=O)[C@@H]2[C@@H]2c3ccccc3C=NN12. The molecule has 0 N–H and O–H groups in total. The number of hydrogen-bond donors (Lipinski definition) is 0. The lowest BCUT2D eigenvalue weighted by Gasteiger charge is -2.33. The number of hydrogen-bond acceptors (Lipinski definition) is 5. The Morgan fingerprint density at radius 1 is 0.794 bits per heavy atom. The number of benzene rings is 3. The van der Waals surface area contributed by atoms with Crippen molar-refractivity contribution in [3.63, 3.8) is 0 Å². The van der Waals surface area contributed by atoms with Gasteiger partial charge in [-0.05, 0) is 59.7 Å². The molecule has 0 aliphatic carbocycles. The molecule has 6 rings (SSSR count). The van der Waals surface area contributed by atoms with Gasteiger partial charge in [0.15, 0.2) is 5.78 Å². The Kier molecular flexibility index (Phi) is 4.45. The summed E-state index contributed by atoms with van der Waals surface area (Å²) >= 11 is 0. The van der Waals surface area contributed by atoms with Crippen LogP contribution in [0, 0.1) is 23.5 Å². The number of amides is 2. The number of Topliss-reactive ketones (excluding diaryl/α,β-unsaturated/α-hetero) is 1. The van der Waals surface area contributed by atoms with Crippen LogP contribution in [-0.4, -0.2) is 34.9 Å². The van der Waals surface area contributed by atoms with Crippen molar-refractivity contribution in [2.45, 2.75) is 12.1 Å². The summed E-state index contributed by atoms with van der Waals surface area (Å²) in [6, 6.07) is 15.9. The Morgan fingerprint density at radius 2 is 1.41 bits per heavy atom. The molecule has 0 bridgehead atoms. The third-order valence-corrected chi connectivity index (χ3v) is 6.78. The van der Waals surface area contributed by atoms with Crippen LogP contribution in [0.1, 0.15) is 27.5 Å². The van der Waals surface area contributed by atoms with Crippen LogP contribution in [0.3, 0.4) is 0 Å². The van der Waals surface area contributed by atoms with Crippen LogP contribution in [0.15, 0.2) is 77.9 Å². The third-order valence-electron chi connectivity index (χ3n) is 6.78. The molecule has 3 aliphatic rings. The second kappa shape index (κ2) is 7.41. The standard InChI is InChI=1S/C26H17F2N3O3/c27-16-7-5-14(6-8-16)24(32)23-21-20(22-19-4-2-1-3-15(19)13-29-31(22)23)25(33)30(26(21)34)18-11-9-17(28)10-12-18/h1-13,20-23H/t20-,21+,22-,23-/m0/s1. The van der Waals surface area contributed by atoms with Crippen LogP contribution in [0.5, 0.6) is 0 Å². The molecule has 168 valence electrons. The monoisotopic (exact) mass is 457 g/mol. The number of rotatable bonds is 3. The second-order valence-electron chi connectivity index (χ2n) is 8.55. The normalized spacial score (nSPS) is 24.8. The van der Waals surface area contributed by atoms with E-state index in [0.717, 1.165) is 16.0 Å². The van der Waals surface area contributed by atoms with Gasteiger partial charge < -0.3 is 0 Å². The summed E-state index contributed by atoms with van der Waals surface area (Å²) in [5.74, 6) is -4.25. The molecule has 3 heterocycles. The highest BCUT2D eigenvalue weighted by atomic mass is 19.1. The molecule has 2 amide bonds. The van der Waals surface area contributed by atoms with Gasteiger partial charge in [-0.25, -0.2) is 13.7 Å². The number of fused-ring (bicyclic) bond motifs is 5. The van der Waals surface area contributed by atoms with Gasteiger partial charge in [0.2, 0.25) is 11.8 Å². The minimum Gasteiger partial charge on any atom is -0.292 e. The summed E-state index contributed by atoms with van der Waals surface area (Å²) in [4.78, 5) is 42.0. The van der Waals surface area contributed by atoms with Gasteiger partial charge in [0, 0.05) is 5.56 Å². The fourth-order valence-electron chi connectivity index (χ4n) is 5.30. The Hall–Kier alpha value is -4.20. The molecule has 0 saturated carbocycles. The first kappa shape index (κ1) is 20.4.